The van der Waals surface area contributed by atoms with E-state index in [4.69, 9.17) is 16.3 Å². The molecule has 0 unspecified atom stereocenters. The Morgan fingerprint density at radius 2 is 1.49 bits per heavy atom. The van der Waals surface area contributed by atoms with Gasteiger partial charge in [-0.1, -0.05) is 71.8 Å². The van der Waals surface area contributed by atoms with Gasteiger partial charge in [0.15, 0.2) is 0 Å². The Morgan fingerprint density at radius 1 is 0.844 bits per heavy atom. The van der Waals surface area contributed by atoms with Crippen LogP contribution >= 0.6 is 11.6 Å². The molecule has 2 amide bonds. The van der Waals surface area contributed by atoms with Crippen molar-refractivity contribution in [3.8, 4) is 5.75 Å². The van der Waals surface area contributed by atoms with Gasteiger partial charge in [-0.15, -0.1) is 0 Å². The van der Waals surface area contributed by atoms with Crippen LogP contribution in [0.1, 0.15) is 30.5 Å². The van der Waals surface area contributed by atoms with Crippen molar-refractivity contribution in [3.63, 3.8) is 0 Å². The van der Waals surface area contributed by atoms with E-state index in [-0.39, 0.29) is 29.5 Å². The molecule has 45 heavy (non-hydrogen) atoms. The van der Waals surface area contributed by atoms with Gasteiger partial charge in [-0.3, -0.25) is 13.9 Å². The molecule has 0 saturated carbocycles. The third kappa shape index (κ3) is 8.86. The molecule has 0 bridgehead atoms. The summed E-state index contributed by atoms with van der Waals surface area (Å²) in [5.74, 6) is -0.303. The molecule has 0 aliphatic heterocycles. The summed E-state index contributed by atoms with van der Waals surface area (Å²) < 4.78 is 34.9. The molecule has 0 aromatic heterocycles. The summed E-state index contributed by atoms with van der Waals surface area (Å²) in [5, 5.41) is 3.40. The summed E-state index contributed by atoms with van der Waals surface area (Å²) in [4.78, 5) is 29.5. The number of likely N-dealkylation sites (N-methyl/N-ethyl adjacent to an activating group) is 1. The number of benzene rings is 4. The molecule has 4 aromatic rings. The highest BCUT2D eigenvalue weighted by Gasteiger charge is 2.34. The van der Waals surface area contributed by atoms with E-state index >= 15 is 0 Å². The van der Waals surface area contributed by atoms with Gasteiger partial charge in [-0.2, -0.15) is 0 Å². The minimum Gasteiger partial charge on any atom is -0.494 e. The van der Waals surface area contributed by atoms with Crippen molar-refractivity contribution in [2.75, 3.05) is 24.0 Å². The minimum absolute atomic E-state index is 0.0450. The van der Waals surface area contributed by atoms with Gasteiger partial charge < -0.3 is 15.0 Å². The van der Waals surface area contributed by atoms with Gasteiger partial charge in [0.1, 0.15) is 18.3 Å². The number of sulfonamides is 1. The van der Waals surface area contributed by atoms with E-state index in [1.807, 2.05) is 51.1 Å². The van der Waals surface area contributed by atoms with Crippen molar-refractivity contribution in [1.82, 2.24) is 10.2 Å². The van der Waals surface area contributed by atoms with Crippen molar-refractivity contribution in [3.05, 3.63) is 125 Å². The monoisotopic (exact) mass is 647 g/mol. The first-order valence-corrected chi connectivity index (χ1v) is 16.6. The number of carbonyl (C=O) groups excluding carboxylic acids is 2. The first kappa shape index (κ1) is 33.6. The number of nitrogens with one attached hydrogen (secondary N) is 1. The largest absolute Gasteiger partial charge is 0.494 e. The van der Waals surface area contributed by atoms with Crippen LogP contribution in [0.5, 0.6) is 5.75 Å². The standard InChI is InChI=1S/C35H38ClN3O5S/c1-4-37-35(41)33(23-27-9-7-6-8-10-27)38(24-28-13-15-29(36)16-14-28)34(40)25-39(30-17-19-31(20-18-30)44-5-2)45(42,43)32-21-11-26(3)12-22-32/h6-22,33H,4-5,23-25H2,1-3H3,(H,37,41)/t33-/m1/s1. The molecule has 8 nitrogen and oxygen atoms in total. The average molecular weight is 648 g/mol. The second-order valence-electron chi connectivity index (χ2n) is 10.5. The number of nitrogens with zero attached hydrogens (tertiary/aromatic N) is 2. The molecular formula is C35H38ClN3O5S. The molecule has 1 N–H and O–H groups in total. The highest BCUT2D eigenvalue weighted by molar-refractivity contribution is 7.92. The van der Waals surface area contributed by atoms with Crippen LogP contribution in [0, 0.1) is 6.92 Å². The van der Waals surface area contributed by atoms with Crippen LogP contribution in [0.25, 0.3) is 0 Å². The average Bonchev–Trinajstić information content (AvgIpc) is 3.03. The molecule has 4 aromatic carbocycles. The van der Waals surface area contributed by atoms with Crippen LogP contribution in [0.3, 0.4) is 0 Å². The predicted molar refractivity (Wildman–Crippen MR) is 178 cm³/mol. The number of hydrogen-bond donors (Lipinski definition) is 1. The summed E-state index contributed by atoms with van der Waals surface area (Å²) in [6.07, 6.45) is 0.236. The number of ether oxygens (including phenoxy) is 1. The second kappa shape index (κ2) is 15.6. The lowest BCUT2D eigenvalue weighted by molar-refractivity contribution is -0.140. The molecule has 4 rings (SSSR count). The second-order valence-corrected chi connectivity index (χ2v) is 12.8. The van der Waals surface area contributed by atoms with E-state index in [0.717, 1.165) is 21.0 Å². The SMILES string of the molecule is CCNC(=O)[C@@H](Cc1ccccc1)N(Cc1ccc(Cl)cc1)C(=O)CN(c1ccc(OCC)cc1)S(=O)(=O)c1ccc(C)cc1. The number of amides is 2. The maximum Gasteiger partial charge on any atom is 0.264 e. The Morgan fingerprint density at radius 3 is 2.09 bits per heavy atom. The van der Waals surface area contributed by atoms with Gasteiger partial charge in [0.05, 0.1) is 17.2 Å². The molecule has 236 valence electrons. The highest BCUT2D eigenvalue weighted by Crippen LogP contribution is 2.27. The molecule has 0 spiro atoms. The number of anilines is 1. The van der Waals surface area contributed by atoms with Crippen molar-refractivity contribution in [2.24, 2.45) is 0 Å². The fourth-order valence-corrected chi connectivity index (χ4v) is 6.41. The Balaban J connectivity index is 1.79. The highest BCUT2D eigenvalue weighted by atomic mass is 35.5. The lowest BCUT2D eigenvalue weighted by Crippen LogP contribution is -2.53. The maximum absolute atomic E-state index is 14.4. The van der Waals surface area contributed by atoms with E-state index in [1.165, 1.54) is 17.0 Å². The molecule has 10 heteroatoms. The zero-order valence-electron chi connectivity index (χ0n) is 25.6. The van der Waals surface area contributed by atoms with Crippen LogP contribution in [0.2, 0.25) is 5.02 Å². The van der Waals surface area contributed by atoms with E-state index in [0.29, 0.717) is 23.9 Å². The van der Waals surface area contributed by atoms with E-state index in [1.54, 1.807) is 60.7 Å². The lowest BCUT2D eigenvalue weighted by Gasteiger charge is -2.34. The third-order valence-corrected chi connectivity index (χ3v) is 9.25. The van der Waals surface area contributed by atoms with E-state index in [2.05, 4.69) is 5.32 Å². The Kier molecular flexibility index (Phi) is 11.6. The maximum atomic E-state index is 14.4. The zero-order valence-corrected chi connectivity index (χ0v) is 27.2. The fraction of sp³-hybridized carbons (Fsp3) is 0.257. The van der Waals surface area contributed by atoms with Gasteiger partial charge in [0.25, 0.3) is 10.0 Å². The van der Waals surface area contributed by atoms with Crippen molar-refractivity contribution < 1.29 is 22.7 Å². The van der Waals surface area contributed by atoms with Gasteiger partial charge in [-0.25, -0.2) is 8.42 Å². The molecule has 0 saturated heterocycles. The predicted octanol–water partition coefficient (Wildman–Crippen LogP) is 6.02. The molecule has 0 aliphatic carbocycles. The Labute approximate surface area is 270 Å². The molecule has 1 atom stereocenters. The summed E-state index contributed by atoms with van der Waals surface area (Å²) in [6, 6.07) is 28.5. The van der Waals surface area contributed by atoms with E-state index < -0.39 is 28.5 Å². The van der Waals surface area contributed by atoms with Gasteiger partial charge >= 0.3 is 0 Å². The van der Waals surface area contributed by atoms with Gasteiger partial charge in [-0.05, 0) is 80.4 Å². The molecule has 0 radical (unpaired) electrons. The van der Waals surface area contributed by atoms with Crippen LogP contribution in [-0.2, 0) is 32.6 Å². The van der Waals surface area contributed by atoms with Crippen LogP contribution in [-0.4, -0.2) is 50.9 Å². The van der Waals surface area contributed by atoms with Crippen molar-refractivity contribution in [1.29, 1.82) is 0 Å². The molecular weight excluding hydrogens is 610 g/mol. The third-order valence-electron chi connectivity index (χ3n) is 7.21. The summed E-state index contributed by atoms with van der Waals surface area (Å²) in [7, 11) is -4.19. The van der Waals surface area contributed by atoms with Crippen LogP contribution in [0.4, 0.5) is 5.69 Å². The summed E-state index contributed by atoms with van der Waals surface area (Å²) in [5.41, 5.74) is 2.79. The van der Waals surface area contributed by atoms with Crippen molar-refractivity contribution >= 4 is 39.1 Å². The summed E-state index contributed by atoms with van der Waals surface area (Å²) in [6.45, 7) is 5.88. The fourth-order valence-electron chi connectivity index (χ4n) is 4.87. The Hall–Kier alpha value is -4.34. The zero-order chi connectivity index (χ0) is 32.4. The normalized spacial score (nSPS) is 11.8. The van der Waals surface area contributed by atoms with Crippen LogP contribution in [0.15, 0.2) is 108 Å². The lowest BCUT2D eigenvalue weighted by atomic mass is 10.0. The van der Waals surface area contributed by atoms with Gasteiger partial charge in [0, 0.05) is 24.5 Å². The number of hydrogen-bond acceptors (Lipinski definition) is 5. The van der Waals surface area contributed by atoms with E-state index in [9.17, 15) is 18.0 Å². The number of carbonyl (C=O) groups is 2. The quantitative estimate of drug-likeness (QED) is 0.181. The molecule has 0 aliphatic rings. The topological polar surface area (TPSA) is 96.0 Å². The smallest absolute Gasteiger partial charge is 0.264 e. The number of rotatable bonds is 14. The van der Waals surface area contributed by atoms with Crippen molar-refractivity contribution in [2.45, 2.75) is 44.7 Å². The minimum atomic E-state index is -4.19. The van der Waals surface area contributed by atoms with Crippen LogP contribution < -0.4 is 14.4 Å². The number of aryl methyl sites for hydroxylation is 1. The number of halogens is 1. The first-order valence-electron chi connectivity index (χ1n) is 14.8. The Bertz CT molecular complexity index is 1660. The molecule has 0 fully saturated rings. The summed E-state index contributed by atoms with van der Waals surface area (Å²) >= 11 is 6.13. The first-order chi connectivity index (χ1) is 21.6. The molecule has 0 heterocycles. The van der Waals surface area contributed by atoms with Gasteiger partial charge in [0.2, 0.25) is 11.8 Å².